The van der Waals surface area contributed by atoms with Gasteiger partial charge in [0.25, 0.3) is 0 Å². The summed E-state index contributed by atoms with van der Waals surface area (Å²) in [5.41, 5.74) is 6.23. The SMILES string of the molecule is COC(=O)C1=C(N)Oc2n[nH]c(C)c2C12C(=O)N(Cc1c(F)cccc1Cl)c1ccccc12. The van der Waals surface area contributed by atoms with Gasteiger partial charge < -0.3 is 20.1 Å². The number of methoxy groups -OCH3 is 1. The van der Waals surface area contributed by atoms with E-state index in [1.807, 2.05) is 0 Å². The highest BCUT2D eigenvalue weighted by Crippen LogP contribution is 2.56. The molecule has 0 saturated carbocycles. The summed E-state index contributed by atoms with van der Waals surface area (Å²) in [5.74, 6) is -2.13. The van der Waals surface area contributed by atoms with E-state index in [0.29, 0.717) is 22.5 Å². The van der Waals surface area contributed by atoms with Crippen molar-refractivity contribution in [3.63, 3.8) is 0 Å². The zero-order valence-corrected chi connectivity index (χ0v) is 18.4. The summed E-state index contributed by atoms with van der Waals surface area (Å²) in [7, 11) is 1.19. The maximum atomic E-state index is 14.7. The van der Waals surface area contributed by atoms with Gasteiger partial charge in [-0.3, -0.25) is 9.89 Å². The van der Waals surface area contributed by atoms with Crippen LogP contribution in [0.15, 0.2) is 53.9 Å². The quantitative estimate of drug-likeness (QED) is 0.571. The Kier molecular flexibility index (Phi) is 4.68. The summed E-state index contributed by atoms with van der Waals surface area (Å²) in [6, 6.07) is 11.2. The molecule has 0 radical (unpaired) electrons. The number of nitrogens with one attached hydrogen (secondary N) is 1. The summed E-state index contributed by atoms with van der Waals surface area (Å²) in [4.78, 5) is 28.7. The van der Waals surface area contributed by atoms with Gasteiger partial charge in [-0.1, -0.05) is 35.9 Å². The Bertz CT molecular complexity index is 1350. The Labute approximate surface area is 192 Å². The van der Waals surface area contributed by atoms with Crippen LogP contribution in [0.4, 0.5) is 10.1 Å². The van der Waals surface area contributed by atoms with Crippen LogP contribution in [0.3, 0.4) is 0 Å². The molecule has 0 saturated heterocycles. The molecule has 2 aliphatic heterocycles. The molecule has 3 N–H and O–H groups in total. The first kappa shape index (κ1) is 21.0. The molecule has 1 aromatic heterocycles. The molecule has 2 aliphatic rings. The largest absolute Gasteiger partial charge is 0.465 e. The number of aromatic nitrogens is 2. The minimum Gasteiger partial charge on any atom is -0.465 e. The molecule has 0 bridgehead atoms. The third-order valence-corrected chi connectivity index (χ3v) is 6.40. The number of aromatic amines is 1. The van der Waals surface area contributed by atoms with E-state index in [1.54, 1.807) is 37.3 Å². The molecule has 3 aromatic rings. The van der Waals surface area contributed by atoms with Crippen LogP contribution in [0, 0.1) is 12.7 Å². The van der Waals surface area contributed by atoms with Gasteiger partial charge in [-0.2, -0.15) is 0 Å². The molecule has 2 aromatic carbocycles. The van der Waals surface area contributed by atoms with Crippen molar-refractivity contribution in [2.45, 2.75) is 18.9 Å². The number of rotatable bonds is 3. The second kappa shape index (κ2) is 7.35. The van der Waals surface area contributed by atoms with Gasteiger partial charge in [0.05, 0.1) is 19.2 Å². The van der Waals surface area contributed by atoms with Gasteiger partial charge in [0.2, 0.25) is 17.7 Å². The number of fused-ring (bicyclic) bond motifs is 4. The fourth-order valence-electron chi connectivity index (χ4n) is 4.68. The van der Waals surface area contributed by atoms with Gasteiger partial charge in [0.1, 0.15) is 16.8 Å². The molecular formula is C23H18ClFN4O4. The van der Waals surface area contributed by atoms with Crippen molar-refractivity contribution in [2.75, 3.05) is 12.0 Å². The lowest BCUT2D eigenvalue weighted by molar-refractivity contribution is -0.138. The molecular weight excluding hydrogens is 451 g/mol. The molecule has 3 heterocycles. The lowest BCUT2D eigenvalue weighted by atomic mass is 9.68. The second-order valence-corrected chi connectivity index (χ2v) is 8.13. The van der Waals surface area contributed by atoms with Gasteiger partial charge in [-0.15, -0.1) is 5.10 Å². The topological polar surface area (TPSA) is 111 Å². The predicted molar refractivity (Wildman–Crippen MR) is 117 cm³/mol. The second-order valence-electron chi connectivity index (χ2n) is 7.72. The van der Waals surface area contributed by atoms with E-state index in [-0.39, 0.29) is 34.5 Å². The van der Waals surface area contributed by atoms with Gasteiger partial charge in [-0.05, 0) is 25.1 Å². The summed E-state index contributed by atoms with van der Waals surface area (Å²) in [6.07, 6.45) is 0. The number of hydrogen-bond acceptors (Lipinski definition) is 6. The molecule has 0 fully saturated rings. The number of hydrogen-bond donors (Lipinski definition) is 2. The first-order valence-electron chi connectivity index (χ1n) is 9.98. The minimum atomic E-state index is -1.70. The number of aryl methyl sites for hydroxylation is 1. The number of nitrogens with zero attached hydrogens (tertiary/aromatic N) is 2. The summed E-state index contributed by atoms with van der Waals surface area (Å²) < 4.78 is 25.2. The molecule has 8 nitrogen and oxygen atoms in total. The third kappa shape index (κ3) is 2.72. The first-order valence-corrected chi connectivity index (χ1v) is 10.4. The van der Waals surface area contributed by atoms with Crippen molar-refractivity contribution in [1.29, 1.82) is 0 Å². The number of anilines is 1. The number of para-hydroxylation sites is 1. The van der Waals surface area contributed by atoms with Crippen LogP contribution in [-0.2, 0) is 26.3 Å². The van der Waals surface area contributed by atoms with Gasteiger partial charge in [-0.25, -0.2) is 9.18 Å². The normalized spacial score (nSPS) is 18.9. The molecule has 0 aliphatic carbocycles. The smallest absolute Gasteiger partial charge is 0.340 e. The van der Waals surface area contributed by atoms with E-state index in [2.05, 4.69) is 10.2 Å². The molecule has 33 heavy (non-hydrogen) atoms. The van der Waals surface area contributed by atoms with Crippen LogP contribution in [0.5, 0.6) is 5.88 Å². The average molecular weight is 469 g/mol. The van der Waals surface area contributed by atoms with Crippen molar-refractivity contribution in [1.82, 2.24) is 10.2 Å². The Morgan fingerprint density at radius 2 is 2.06 bits per heavy atom. The molecule has 5 rings (SSSR count). The van der Waals surface area contributed by atoms with E-state index < -0.39 is 23.1 Å². The van der Waals surface area contributed by atoms with Crippen LogP contribution in [0.1, 0.15) is 22.4 Å². The van der Waals surface area contributed by atoms with Gasteiger partial charge in [0, 0.05) is 27.5 Å². The van der Waals surface area contributed by atoms with Gasteiger partial charge in [0.15, 0.2) is 0 Å². The number of H-pyrrole nitrogens is 1. The predicted octanol–water partition coefficient (Wildman–Crippen LogP) is 3.08. The Balaban J connectivity index is 1.81. The van der Waals surface area contributed by atoms with Crippen LogP contribution < -0.4 is 15.4 Å². The summed E-state index contributed by atoms with van der Waals surface area (Å²) in [6.45, 7) is 1.55. The number of halogens is 2. The fourth-order valence-corrected chi connectivity index (χ4v) is 4.90. The lowest BCUT2D eigenvalue weighted by Gasteiger charge is -2.34. The van der Waals surface area contributed by atoms with Crippen LogP contribution >= 0.6 is 11.6 Å². The minimum absolute atomic E-state index is 0.0755. The standard InChI is InChI=1S/C23H18ClFN4O4/c1-11-17-20(28-27-11)33-19(26)18(21(30)32-2)23(17)13-6-3-4-9-16(13)29(22(23)31)10-12-14(24)7-5-8-15(12)25/h3-9H,10,26H2,1-2H3,(H,27,28). The van der Waals surface area contributed by atoms with E-state index >= 15 is 0 Å². The zero-order valence-electron chi connectivity index (χ0n) is 17.6. The number of esters is 1. The number of amides is 1. The van der Waals surface area contributed by atoms with Crippen molar-refractivity contribution in [3.05, 3.63) is 87.1 Å². The van der Waals surface area contributed by atoms with Crippen molar-refractivity contribution >= 4 is 29.2 Å². The maximum Gasteiger partial charge on any atom is 0.340 e. The number of carbonyl (C=O) groups is 2. The number of carbonyl (C=O) groups excluding carboxylic acids is 2. The first-order chi connectivity index (χ1) is 15.8. The molecule has 10 heteroatoms. The van der Waals surface area contributed by atoms with Crippen LogP contribution in [0.25, 0.3) is 0 Å². The van der Waals surface area contributed by atoms with Crippen molar-refractivity contribution in [3.8, 4) is 5.88 Å². The molecule has 1 unspecified atom stereocenters. The van der Waals surface area contributed by atoms with Gasteiger partial charge >= 0.3 is 5.97 Å². The number of nitrogens with two attached hydrogens (primary N) is 1. The molecule has 1 atom stereocenters. The van der Waals surface area contributed by atoms with Crippen molar-refractivity contribution in [2.24, 2.45) is 5.73 Å². The average Bonchev–Trinajstić information content (AvgIpc) is 3.27. The fraction of sp³-hybridized carbons (Fsp3) is 0.174. The highest BCUT2D eigenvalue weighted by molar-refractivity contribution is 6.31. The molecule has 1 spiro atoms. The molecule has 1 amide bonds. The highest BCUT2D eigenvalue weighted by atomic mass is 35.5. The summed E-state index contributed by atoms with van der Waals surface area (Å²) in [5, 5.41) is 7.10. The number of ether oxygens (including phenoxy) is 2. The van der Waals surface area contributed by atoms with Crippen LogP contribution in [-0.4, -0.2) is 29.2 Å². The van der Waals surface area contributed by atoms with Crippen LogP contribution in [0.2, 0.25) is 5.02 Å². The lowest BCUT2D eigenvalue weighted by Crippen LogP contribution is -2.48. The third-order valence-electron chi connectivity index (χ3n) is 6.05. The monoisotopic (exact) mass is 468 g/mol. The Morgan fingerprint density at radius 1 is 1.30 bits per heavy atom. The van der Waals surface area contributed by atoms with E-state index in [4.69, 9.17) is 26.8 Å². The summed E-state index contributed by atoms with van der Waals surface area (Å²) >= 11 is 6.26. The zero-order chi connectivity index (χ0) is 23.5. The highest BCUT2D eigenvalue weighted by Gasteiger charge is 2.62. The van der Waals surface area contributed by atoms with E-state index in [1.165, 1.54) is 24.1 Å². The number of benzene rings is 2. The van der Waals surface area contributed by atoms with E-state index in [0.717, 1.165) is 0 Å². The maximum absolute atomic E-state index is 14.7. The Hall–Kier alpha value is -3.85. The van der Waals surface area contributed by atoms with Crippen molar-refractivity contribution < 1.29 is 23.5 Å². The molecule has 168 valence electrons. The Morgan fingerprint density at radius 3 is 2.79 bits per heavy atom. The van der Waals surface area contributed by atoms with E-state index in [9.17, 15) is 14.0 Å².